The fourth-order valence-electron chi connectivity index (χ4n) is 2.54. The summed E-state index contributed by atoms with van der Waals surface area (Å²) in [7, 11) is -3.26. The normalized spacial score (nSPS) is 27.5. The number of benzene rings is 1. The summed E-state index contributed by atoms with van der Waals surface area (Å²) in [6.07, 6.45) is 0.251. The molecule has 2 atom stereocenters. The van der Waals surface area contributed by atoms with E-state index in [-0.39, 0.29) is 17.1 Å². The van der Waals surface area contributed by atoms with Crippen LogP contribution in [-0.2, 0) is 9.84 Å². The number of aliphatic hydroxyl groups excluding tert-OH is 1. The minimum absolute atomic E-state index is 0.0433. The van der Waals surface area contributed by atoms with Crippen molar-refractivity contribution in [1.29, 1.82) is 0 Å². The molecular weight excluding hydrogens is 236 g/mol. The van der Waals surface area contributed by atoms with Gasteiger partial charge in [0.1, 0.15) is 0 Å². The van der Waals surface area contributed by atoms with Gasteiger partial charge in [0.15, 0.2) is 9.84 Å². The molecule has 2 rings (SSSR count). The summed E-state index contributed by atoms with van der Waals surface area (Å²) in [6, 6.07) is 8.43. The summed E-state index contributed by atoms with van der Waals surface area (Å²) in [6.45, 7) is 3.92. The zero-order chi connectivity index (χ0) is 12.7. The fraction of sp³-hybridized carbons (Fsp3) is 0.538. The van der Waals surface area contributed by atoms with Crippen LogP contribution >= 0.6 is 0 Å². The number of sulfone groups is 1. The van der Waals surface area contributed by atoms with Crippen molar-refractivity contribution in [2.75, 3.05) is 5.75 Å². The van der Waals surface area contributed by atoms with E-state index in [1.807, 2.05) is 13.8 Å². The molecule has 94 valence electrons. The van der Waals surface area contributed by atoms with Crippen LogP contribution in [0.5, 0.6) is 0 Å². The second-order valence-corrected chi connectivity index (χ2v) is 7.53. The highest BCUT2D eigenvalue weighted by molar-refractivity contribution is 7.91. The fourth-order valence-corrected chi connectivity index (χ4v) is 4.17. The van der Waals surface area contributed by atoms with E-state index in [2.05, 4.69) is 0 Å². The highest BCUT2D eigenvalue weighted by Crippen LogP contribution is 2.45. The molecule has 1 aromatic carbocycles. The second-order valence-electron chi connectivity index (χ2n) is 5.49. The average molecular weight is 254 g/mol. The molecular formula is C13H18O3S. The Kier molecular flexibility index (Phi) is 3.04. The molecule has 4 heteroatoms. The summed E-state index contributed by atoms with van der Waals surface area (Å²) in [5.74, 6) is -0.0862. The number of hydrogen-bond donors (Lipinski definition) is 1. The highest BCUT2D eigenvalue weighted by atomic mass is 32.2. The first-order valence-electron chi connectivity index (χ1n) is 5.79. The molecule has 1 fully saturated rings. The summed E-state index contributed by atoms with van der Waals surface area (Å²) >= 11 is 0. The molecule has 0 saturated heterocycles. The SMILES string of the molecule is CC1(C)C[C@@H](CS(=O)(=O)c2ccccc2)[C@@H]1O. The zero-order valence-corrected chi connectivity index (χ0v) is 10.9. The third kappa shape index (κ3) is 2.38. The van der Waals surface area contributed by atoms with Crippen LogP contribution in [0.2, 0.25) is 0 Å². The number of aliphatic hydroxyl groups is 1. The van der Waals surface area contributed by atoms with Gasteiger partial charge in [0.05, 0.1) is 16.8 Å². The predicted molar refractivity (Wildman–Crippen MR) is 66.4 cm³/mol. The zero-order valence-electron chi connectivity index (χ0n) is 10.1. The van der Waals surface area contributed by atoms with Crippen molar-refractivity contribution in [3.05, 3.63) is 30.3 Å². The molecule has 0 radical (unpaired) electrons. The third-order valence-corrected chi connectivity index (χ3v) is 5.43. The Morgan fingerprint density at radius 2 is 1.88 bits per heavy atom. The van der Waals surface area contributed by atoms with Gasteiger partial charge in [-0.25, -0.2) is 8.42 Å². The Hall–Kier alpha value is -0.870. The first-order valence-corrected chi connectivity index (χ1v) is 7.44. The molecule has 0 aliphatic heterocycles. The quantitative estimate of drug-likeness (QED) is 0.896. The van der Waals surface area contributed by atoms with Gasteiger partial charge in [-0.05, 0) is 24.0 Å². The van der Waals surface area contributed by atoms with Gasteiger partial charge in [-0.15, -0.1) is 0 Å². The van der Waals surface area contributed by atoms with Gasteiger partial charge in [0.25, 0.3) is 0 Å². The molecule has 1 aliphatic rings. The van der Waals surface area contributed by atoms with E-state index in [0.29, 0.717) is 4.90 Å². The Labute approximate surface area is 102 Å². The van der Waals surface area contributed by atoms with Crippen molar-refractivity contribution in [3.8, 4) is 0 Å². The molecule has 3 nitrogen and oxygen atoms in total. The number of hydrogen-bond acceptors (Lipinski definition) is 3. The van der Waals surface area contributed by atoms with Gasteiger partial charge in [-0.3, -0.25) is 0 Å². The average Bonchev–Trinajstić information content (AvgIpc) is 2.29. The monoisotopic (exact) mass is 254 g/mol. The molecule has 0 amide bonds. The third-order valence-electron chi connectivity index (χ3n) is 3.57. The van der Waals surface area contributed by atoms with Gasteiger partial charge >= 0.3 is 0 Å². The molecule has 17 heavy (non-hydrogen) atoms. The molecule has 0 bridgehead atoms. The maximum atomic E-state index is 12.1. The lowest BCUT2D eigenvalue weighted by Gasteiger charge is -2.48. The van der Waals surface area contributed by atoms with Crippen molar-refractivity contribution in [1.82, 2.24) is 0 Å². The standard InChI is InChI=1S/C13H18O3S/c1-13(2)8-10(12(13)14)9-17(15,16)11-6-4-3-5-7-11/h3-7,10,12,14H,8-9H2,1-2H3/t10-,12-/m0/s1. The first kappa shape index (κ1) is 12.6. The van der Waals surface area contributed by atoms with Crippen molar-refractivity contribution in [2.45, 2.75) is 31.3 Å². The Bertz CT molecular complexity index is 491. The minimum Gasteiger partial charge on any atom is -0.392 e. The summed E-state index contributed by atoms with van der Waals surface area (Å²) in [4.78, 5) is 0.344. The van der Waals surface area contributed by atoms with Crippen LogP contribution in [0.25, 0.3) is 0 Å². The lowest BCUT2D eigenvalue weighted by molar-refractivity contribution is -0.0887. The highest BCUT2D eigenvalue weighted by Gasteiger charge is 2.47. The van der Waals surface area contributed by atoms with Crippen molar-refractivity contribution in [2.24, 2.45) is 11.3 Å². The van der Waals surface area contributed by atoms with E-state index in [0.717, 1.165) is 6.42 Å². The van der Waals surface area contributed by atoms with Crippen LogP contribution in [0.1, 0.15) is 20.3 Å². The second kappa shape index (κ2) is 4.10. The minimum atomic E-state index is -3.26. The molecule has 1 aliphatic carbocycles. The Morgan fingerprint density at radius 1 is 1.29 bits per heavy atom. The van der Waals surface area contributed by atoms with Gasteiger partial charge in [-0.1, -0.05) is 32.0 Å². The largest absolute Gasteiger partial charge is 0.392 e. The Balaban J connectivity index is 2.11. The van der Waals surface area contributed by atoms with E-state index in [4.69, 9.17) is 0 Å². The molecule has 1 aromatic rings. The van der Waals surface area contributed by atoms with Crippen LogP contribution < -0.4 is 0 Å². The van der Waals surface area contributed by atoms with Crippen LogP contribution in [-0.4, -0.2) is 25.4 Å². The summed E-state index contributed by atoms with van der Waals surface area (Å²) in [5.41, 5.74) is -0.142. The van der Waals surface area contributed by atoms with Crippen molar-refractivity contribution in [3.63, 3.8) is 0 Å². The summed E-state index contributed by atoms with van der Waals surface area (Å²) < 4.78 is 24.2. The van der Waals surface area contributed by atoms with Gasteiger partial charge < -0.3 is 5.11 Å². The number of rotatable bonds is 3. The maximum Gasteiger partial charge on any atom is 0.178 e. The van der Waals surface area contributed by atoms with Gasteiger partial charge in [-0.2, -0.15) is 0 Å². The van der Waals surface area contributed by atoms with E-state index in [9.17, 15) is 13.5 Å². The van der Waals surface area contributed by atoms with Crippen molar-refractivity contribution >= 4 is 9.84 Å². The smallest absolute Gasteiger partial charge is 0.178 e. The van der Waals surface area contributed by atoms with Crippen LogP contribution in [0, 0.1) is 11.3 Å². The van der Waals surface area contributed by atoms with Crippen LogP contribution in [0.15, 0.2) is 35.2 Å². The topological polar surface area (TPSA) is 54.4 Å². The van der Waals surface area contributed by atoms with Crippen LogP contribution in [0.3, 0.4) is 0 Å². The lowest BCUT2D eigenvalue weighted by atomic mass is 9.62. The first-order chi connectivity index (χ1) is 7.83. The molecule has 0 heterocycles. The van der Waals surface area contributed by atoms with Gasteiger partial charge in [0, 0.05) is 5.92 Å². The lowest BCUT2D eigenvalue weighted by Crippen LogP contribution is -2.51. The maximum absolute atomic E-state index is 12.1. The van der Waals surface area contributed by atoms with Crippen LogP contribution in [0.4, 0.5) is 0 Å². The van der Waals surface area contributed by atoms with Crippen molar-refractivity contribution < 1.29 is 13.5 Å². The molecule has 1 N–H and O–H groups in total. The molecule has 1 saturated carbocycles. The molecule has 0 unspecified atom stereocenters. The summed E-state index contributed by atoms with van der Waals surface area (Å²) in [5, 5.41) is 9.88. The van der Waals surface area contributed by atoms with E-state index in [1.54, 1.807) is 30.3 Å². The Morgan fingerprint density at radius 3 is 2.35 bits per heavy atom. The molecule has 0 spiro atoms. The van der Waals surface area contributed by atoms with E-state index in [1.165, 1.54) is 0 Å². The van der Waals surface area contributed by atoms with E-state index >= 15 is 0 Å². The van der Waals surface area contributed by atoms with E-state index < -0.39 is 15.9 Å². The van der Waals surface area contributed by atoms with Gasteiger partial charge in [0.2, 0.25) is 0 Å². The molecule has 0 aromatic heterocycles. The predicted octanol–water partition coefficient (Wildman–Crippen LogP) is 1.87.